The summed E-state index contributed by atoms with van der Waals surface area (Å²) in [5.74, 6) is 1.71. The first-order chi connectivity index (χ1) is 16.4. The highest BCUT2D eigenvalue weighted by Gasteiger charge is 2.22. The van der Waals surface area contributed by atoms with E-state index in [1.165, 1.54) is 16.7 Å². The number of rotatable bonds is 8. The summed E-state index contributed by atoms with van der Waals surface area (Å²) in [4.78, 5) is 7.04. The van der Waals surface area contributed by atoms with Gasteiger partial charge in [0.1, 0.15) is 11.8 Å². The standard InChI is InChI=1S/C26H30N6O2/c1-16(2)33-23-9-7-18(13-20(23)14-27)26-30-25(31-34-26)22-8-6-19-15-32(11-4-5-24(28)29)12-10-21(19)17(22)3/h6-9,13,16H,4-5,10-12,15H2,1-3H3,(H3,28,29). The first-order valence-corrected chi connectivity index (χ1v) is 11.6. The molecule has 0 amide bonds. The third kappa shape index (κ3) is 5.10. The number of nitriles is 1. The molecule has 1 aromatic heterocycles. The van der Waals surface area contributed by atoms with Gasteiger partial charge >= 0.3 is 0 Å². The van der Waals surface area contributed by atoms with E-state index in [0.717, 1.165) is 38.0 Å². The molecule has 0 spiro atoms. The summed E-state index contributed by atoms with van der Waals surface area (Å²) in [6.45, 7) is 8.78. The summed E-state index contributed by atoms with van der Waals surface area (Å²) in [5, 5.41) is 21.1. The topological polar surface area (TPSA) is 125 Å². The van der Waals surface area contributed by atoms with Crippen LogP contribution in [0.25, 0.3) is 22.8 Å². The SMILES string of the molecule is Cc1c(-c2noc(-c3ccc(OC(C)C)c(C#N)c3)n2)ccc2c1CCN(CCCC(=N)N)C2. The van der Waals surface area contributed by atoms with Crippen molar-refractivity contribution >= 4 is 5.84 Å². The van der Waals surface area contributed by atoms with E-state index in [1.807, 2.05) is 19.9 Å². The third-order valence-corrected chi connectivity index (χ3v) is 6.06. The minimum Gasteiger partial charge on any atom is -0.490 e. The lowest BCUT2D eigenvalue weighted by molar-refractivity contribution is 0.241. The lowest BCUT2D eigenvalue weighted by atomic mass is 9.91. The van der Waals surface area contributed by atoms with Crippen LogP contribution >= 0.6 is 0 Å². The van der Waals surface area contributed by atoms with Gasteiger partial charge < -0.3 is 15.0 Å². The van der Waals surface area contributed by atoms with Gasteiger partial charge in [-0.1, -0.05) is 17.3 Å². The van der Waals surface area contributed by atoms with Crippen LogP contribution in [0.1, 0.15) is 48.9 Å². The van der Waals surface area contributed by atoms with Gasteiger partial charge in [0.15, 0.2) is 0 Å². The van der Waals surface area contributed by atoms with Crippen molar-refractivity contribution in [2.45, 2.75) is 52.7 Å². The van der Waals surface area contributed by atoms with Gasteiger partial charge in [0.2, 0.25) is 5.82 Å². The maximum Gasteiger partial charge on any atom is 0.258 e. The molecule has 0 unspecified atom stereocenters. The van der Waals surface area contributed by atoms with E-state index in [-0.39, 0.29) is 11.9 Å². The van der Waals surface area contributed by atoms with E-state index in [1.54, 1.807) is 12.1 Å². The van der Waals surface area contributed by atoms with Crippen molar-refractivity contribution in [3.05, 3.63) is 52.6 Å². The van der Waals surface area contributed by atoms with E-state index in [9.17, 15) is 5.26 Å². The molecular weight excluding hydrogens is 428 g/mol. The van der Waals surface area contributed by atoms with E-state index >= 15 is 0 Å². The van der Waals surface area contributed by atoms with Crippen LogP contribution in [0.4, 0.5) is 0 Å². The zero-order valence-corrected chi connectivity index (χ0v) is 19.9. The zero-order chi connectivity index (χ0) is 24.2. The Labute approximate surface area is 199 Å². The minimum absolute atomic E-state index is 0.0208. The Hall–Kier alpha value is -3.70. The zero-order valence-electron chi connectivity index (χ0n) is 19.9. The van der Waals surface area contributed by atoms with Gasteiger partial charge in [0.05, 0.1) is 17.5 Å². The molecule has 2 aromatic carbocycles. The highest BCUT2D eigenvalue weighted by molar-refractivity contribution is 5.76. The Morgan fingerprint density at radius 3 is 2.88 bits per heavy atom. The molecule has 0 saturated carbocycles. The molecule has 1 aliphatic rings. The summed E-state index contributed by atoms with van der Waals surface area (Å²) in [7, 11) is 0. The molecule has 0 fully saturated rings. The summed E-state index contributed by atoms with van der Waals surface area (Å²) < 4.78 is 11.3. The fraction of sp³-hybridized carbons (Fsp3) is 0.385. The third-order valence-electron chi connectivity index (χ3n) is 6.06. The highest BCUT2D eigenvalue weighted by Crippen LogP contribution is 2.32. The maximum absolute atomic E-state index is 9.51. The molecular formula is C26H30N6O2. The van der Waals surface area contributed by atoms with Crippen LogP contribution in [0.2, 0.25) is 0 Å². The molecule has 0 radical (unpaired) electrons. The molecule has 3 N–H and O–H groups in total. The Balaban J connectivity index is 1.54. The Morgan fingerprint density at radius 2 is 2.15 bits per heavy atom. The number of amidine groups is 1. The number of ether oxygens (including phenoxy) is 1. The summed E-state index contributed by atoms with van der Waals surface area (Å²) in [6, 6.07) is 11.7. The predicted molar refractivity (Wildman–Crippen MR) is 131 cm³/mol. The van der Waals surface area contributed by atoms with Gasteiger partial charge in [0, 0.05) is 30.6 Å². The second-order valence-corrected chi connectivity index (χ2v) is 8.94. The lowest BCUT2D eigenvalue weighted by Crippen LogP contribution is -2.32. The first kappa shape index (κ1) is 23.5. The number of nitrogens with two attached hydrogens (primary N) is 1. The normalized spacial score (nSPS) is 13.5. The molecule has 0 saturated heterocycles. The van der Waals surface area contributed by atoms with Crippen LogP contribution in [-0.2, 0) is 13.0 Å². The second-order valence-electron chi connectivity index (χ2n) is 8.94. The van der Waals surface area contributed by atoms with Crippen molar-refractivity contribution in [1.82, 2.24) is 15.0 Å². The van der Waals surface area contributed by atoms with Crippen LogP contribution in [-0.4, -0.2) is 40.1 Å². The summed E-state index contributed by atoms with van der Waals surface area (Å²) in [6.07, 6.45) is 2.49. The smallest absolute Gasteiger partial charge is 0.258 e. The fourth-order valence-corrected chi connectivity index (χ4v) is 4.38. The predicted octanol–water partition coefficient (Wildman–Crippen LogP) is 4.45. The van der Waals surface area contributed by atoms with Gasteiger partial charge in [-0.25, -0.2) is 0 Å². The van der Waals surface area contributed by atoms with Crippen molar-refractivity contribution in [3.8, 4) is 34.7 Å². The summed E-state index contributed by atoms with van der Waals surface area (Å²) in [5.41, 5.74) is 11.4. The van der Waals surface area contributed by atoms with Crippen LogP contribution in [0.5, 0.6) is 5.75 Å². The second kappa shape index (κ2) is 10.1. The van der Waals surface area contributed by atoms with Crippen LogP contribution in [0.3, 0.4) is 0 Å². The molecule has 34 heavy (non-hydrogen) atoms. The van der Waals surface area contributed by atoms with Crippen molar-refractivity contribution < 1.29 is 9.26 Å². The molecule has 0 aliphatic carbocycles. The van der Waals surface area contributed by atoms with Crippen molar-refractivity contribution in [3.63, 3.8) is 0 Å². The molecule has 4 rings (SSSR count). The molecule has 0 atom stereocenters. The van der Waals surface area contributed by atoms with Gasteiger partial charge in [-0.05, 0) is 75.0 Å². The van der Waals surface area contributed by atoms with E-state index in [2.05, 4.69) is 40.2 Å². The number of nitrogens with one attached hydrogen (secondary N) is 1. The van der Waals surface area contributed by atoms with Gasteiger partial charge in [-0.15, -0.1) is 0 Å². The fourth-order valence-electron chi connectivity index (χ4n) is 4.38. The average Bonchev–Trinajstić information content (AvgIpc) is 3.29. The Bertz CT molecular complexity index is 1240. The first-order valence-electron chi connectivity index (χ1n) is 11.6. The quantitative estimate of drug-likeness (QED) is 0.377. The molecule has 1 aliphatic heterocycles. The average molecular weight is 459 g/mol. The summed E-state index contributed by atoms with van der Waals surface area (Å²) >= 11 is 0. The number of fused-ring (bicyclic) bond motifs is 1. The lowest BCUT2D eigenvalue weighted by Gasteiger charge is -2.30. The van der Waals surface area contributed by atoms with Crippen LogP contribution in [0, 0.1) is 23.7 Å². The van der Waals surface area contributed by atoms with Crippen molar-refractivity contribution in [1.29, 1.82) is 10.7 Å². The minimum atomic E-state index is -0.0208. The number of hydrogen-bond donors (Lipinski definition) is 2. The van der Waals surface area contributed by atoms with E-state index in [0.29, 0.717) is 35.0 Å². The van der Waals surface area contributed by atoms with Crippen LogP contribution in [0.15, 0.2) is 34.9 Å². The number of nitrogens with zero attached hydrogens (tertiary/aromatic N) is 4. The van der Waals surface area contributed by atoms with Crippen LogP contribution < -0.4 is 10.5 Å². The van der Waals surface area contributed by atoms with Gasteiger partial charge in [-0.3, -0.25) is 10.3 Å². The maximum atomic E-state index is 9.51. The Kier molecular flexibility index (Phi) is 6.94. The molecule has 8 heteroatoms. The molecule has 8 nitrogen and oxygen atoms in total. The van der Waals surface area contributed by atoms with E-state index < -0.39 is 0 Å². The van der Waals surface area contributed by atoms with E-state index in [4.69, 9.17) is 20.4 Å². The Morgan fingerprint density at radius 1 is 1.32 bits per heavy atom. The molecule has 0 bridgehead atoms. The highest BCUT2D eigenvalue weighted by atomic mass is 16.5. The molecule has 2 heterocycles. The molecule has 176 valence electrons. The van der Waals surface area contributed by atoms with Crippen molar-refractivity contribution in [2.75, 3.05) is 13.1 Å². The number of hydrogen-bond acceptors (Lipinski definition) is 7. The number of benzene rings is 2. The van der Waals surface area contributed by atoms with Crippen molar-refractivity contribution in [2.24, 2.45) is 5.73 Å². The monoisotopic (exact) mass is 458 g/mol. The molecule has 3 aromatic rings. The van der Waals surface area contributed by atoms with Gasteiger partial charge in [-0.2, -0.15) is 10.2 Å². The largest absolute Gasteiger partial charge is 0.490 e. The number of aromatic nitrogens is 2. The van der Waals surface area contributed by atoms with Gasteiger partial charge in [0.25, 0.3) is 5.89 Å².